The number of aromatic nitrogens is 5. The fourth-order valence-electron chi connectivity index (χ4n) is 3.84. The second-order valence-electron chi connectivity index (χ2n) is 7.15. The predicted octanol–water partition coefficient (Wildman–Crippen LogP) is 2.96. The average molecular weight is 372 g/mol. The molecule has 4 rings (SSSR count). The zero-order chi connectivity index (χ0) is 18.3. The number of piperidine rings is 1. The van der Waals surface area contributed by atoms with Crippen molar-refractivity contribution in [2.45, 2.75) is 52.0 Å². The molecule has 8 heteroatoms. The SMILES string of the molecule is Cc1csc2c(C3CCN(C(=O)CC(C)n4cncn4)CC3)nc(C)n12. The number of hydrogen-bond donors (Lipinski definition) is 0. The number of rotatable bonds is 4. The minimum atomic E-state index is 0.0345. The van der Waals surface area contributed by atoms with Crippen molar-refractivity contribution in [1.82, 2.24) is 29.0 Å². The second-order valence-corrected chi connectivity index (χ2v) is 8.00. The summed E-state index contributed by atoms with van der Waals surface area (Å²) in [5.74, 6) is 1.70. The number of fused-ring (bicyclic) bond motifs is 1. The lowest BCUT2D eigenvalue weighted by molar-refractivity contribution is -0.133. The molecule has 138 valence electrons. The van der Waals surface area contributed by atoms with E-state index < -0.39 is 0 Å². The van der Waals surface area contributed by atoms with Gasteiger partial charge in [0, 0.05) is 36.5 Å². The van der Waals surface area contributed by atoms with E-state index in [4.69, 9.17) is 4.98 Å². The van der Waals surface area contributed by atoms with Gasteiger partial charge < -0.3 is 4.90 Å². The molecule has 0 saturated carbocycles. The average Bonchev–Trinajstić information content (AvgIpc) is 3.35. The highest BCUT2D eigenvalue weighted by Crippen LogP contribution is 2.34. The van der Waals surface area contributed by atoms with Gasteiger partial charge in [0.15, 0.2) is 0 Å². The van der Waals surface area contributed by atoms with Crippen LogP contribution in [0, 0.1) is 13.8 Å². The van der Waals surface area contributed by atoms with Crippen molar-refractivity contribution in [2.24, 2.45) is 0 Å². The van der Waals surface area contributed by atoms with Crippen molar-refractivity contribution in [1.29, 1.82) is 0 Å². The summed E-state index contributed by atoms with van der Waals surface area (Å²) < 4.78 is 3.99. The highest BCUT2D eigenvalue weighted by molar-refractivity contribution is 7.15. The van der Waals surface area contributed by atoms with Gasteiger partial charge in [-0.1, -0.05) is 0 Å². The molecule has 1 aliphatic heterocycles. The Morgan fingerprint density at radius 1 is 1.35 bits per heavy atom. The molecule has 0 aliphatic carbocycles. The van der Waals surface area contributed by atoms with E-state index in [1.54, 1.807) is 22.3 Å². The van der Waals surface area contributed by atoms with Gasteiger partial charge in [0.1, 0.15) is 23.3 Å². The molecule has 26 heavy (non-hydrogen) atoms. The summed E-state index contributed by atoms with van der Waals surface area (Å²) in [6.07, 6.45) is 5.59. The standard InChI is InChI=1S/C18H24N6OS/c1-12(23-11-19-10-20-23)8-16(25)22-6-4-15(5-7-22)17-18-24(14(3)21-17)13(2)9-26-18/h9-12,15H,4-8H2,1-3H3. The Bertz CT molecular complexity index is 904. The maximum Gasteiger partial charge on any atom is 0.224 e. The number of thiazole rings is 1. The normalized spacial score (nSPS) is 17.1. The number of aryl methyl sites for hydroxylation is 2. The highest BCUT2D eigenvalue weighted by Gasteiger charge is 2.28. The van der Waals surface area contributed by atoms with E-state index in [0.29, 0.717) is 12.3 Å². The molecule has 1 unspecified atom stereocenters. The molecular formula is C18H24N6OS. The molecule has 3 aromatic rings. The predicted molar refractivity (Wildman–Crippen MR) is 100 cm³/mol. The Morgan fingerprint density at radius 3 is 2.81 bits per heavy atom. The zero-order valence-electron chi connectivity index (χ0n) is 15.4. The third-order valence-electron chi connectivity index (χ3n) is 5.31. The van der Waals surface area contributed by atoms with Gasteiger partial charge in [-0.3, -0.25) is 9.20 Å². The molecule has 0 bridgehead atoms. The Morgan fingerprint density at radius 2 is 2.12 bits per heavy atom. The van der Waals surface area contributed by atoms with Crippen LogP contribution in [0.2, 0.25) is 0 Å². The number of likely N-dealkylation sites (tertiary alicyclic amines) is 1. The van der Waals surface area contributed by atoms with Gasteiger partial charge in [-0.2, -0.15) is 5.10 Å². The van der Waals surface area contributed by atoms with Crippen LogP contribution in [0.1, 0.15) is 55.4 Å². The van der Waals surface area contributed by atoms with E-state index >= 15 is 0 Å². The van der Waals surface area contributed by atoms with E-state index in [9.17, 15) is 4.79 Å². The summed E-state index contributed by atoms with van der Waals surface area (Å²) in [5.41, 5.74) is 2.46. The van der Waals surface area contributed by atoms with E-state index in [0.717, 1.165) is 31.8 Å². The van der Waals surface area contributed by atoms with Crippen LogP contribution in [-0.4, -0.2) is 48.0 Å². The molecule has 3 aromatic heterocycles. The monoisotopic (exact) mass is 372 g/mol. The molecule has 1 amide bonds. The van der Waals surface area contributed by atoms with Gasteiger partial charge in [-0.05, 0) is 33.6 Å². The van der Waals surface area contributed by atoms with Gasteiger partial charge in [0.2, 0.25) is 5.91 Å². The quantitative estimate of drug-likeness (QED) is 0.706. The maximum atomic E-state index is 12.6. The molecule has 4 heterocycles. The summed E-state index contributed by atoms with van der Waals surface area (Å²) in [6, 6.07) is 0.0345. The first-order chi connectivity index (χ1) is 12.5. The van der Waals surface area contributed by atoms with Crippen molar-refractivity contribution in [2.75, 3.05) is 13.1 Å². The molecule has 0 aromatic carbocycles. The van der Waals surface area contributed by atoms with Crippen molar-refractivity contribution in [3.63, 3.8) is 0 Å². The molecule has 1 atom stereocenters. The van der Waals surface area contributed by atoms with Crippen LogP contribution in [0.5, 0.6) is 0 Å². The summed E-state index contributed by atoms with van der Waals surface area (Å²) in [4.78, 5) is 24.7. The number of carbonyl (C=O) groups excluding carboxylic acids is 1. The van der Waals surface area contributed by atoms with Gasteiger partial charge >= 0.3 is 0 Å². The molecule has 1 aliphatic rings. The molecular weight excluding hydrogens is 348 g/mol. The number of hydrogen-bond acceptors (Lipinski definition) is 5. The van der Waals surface area contributed by atoms with Crippen molar-refractivity contribution < 1.29 is 4.79 Å². The first-order valence-electron chi connectivity index (χ1n) is 9.09. The van der Waals surface area contributed by atoms with Crippen LogP contribution in [0.25, 0.3) is 4.83 Å². The van der Waals surface area contributed by atoms with Crippen LogP contribution in [0.15, 0.2) is 18.0 Å². The second kappa shape index (κ2) is 6.83. The van der Waals surface area contributed by atoms with Gasteiger partial charge in [0.05, 0.1) is 11.7 Å². The fourth-order valence-corrected chi connectivity index (χ4v) is 4.95. The summed E-state index contributed by atoms with van der Waals surface area (Å²) in [7, 11) is 0. The largest absolute Gasteiger partial charge is 0.343 e. The molecule has 1 saturated heterocycles. The van der Waals surface area contributed by atoms with Crippen molar-refractivity contribution in [3.8, 4) is 0 Å². The van der Waals surface area contributed by atoms with Crippen LogP contribution in [-0.2, 0) is 4.79 Å². The highest BCUT2D eigenvalue weighted by atomic mass is 32.1. The first-order valence-corrected chi connectivity index (χ1v) is 9.97. The zero-order valence-corrected chi connectivity index (χ0v) is 16.2. The molecule has 0 N–H and O–H groups in total. The van der Waals surface area contributed by atoms with Gasteiger partial charge in [0.25, 0.3) is 0 Å². The molecule has 7 nitrogen and oxygen atoms in total. The van der Waals surface area contributed by atoms with Crippen molar-refractivity contribution in [3.05, 3.63) is 35.2 Å². The number of amides is 1. The van der Waals surface area contributed by atoms with Crippen LogP contribution in [0.3, 0.4) is 0 Å². The van der Waals surface area contributed by atoms with E-state index in [2.05, 4.69) is 33.7 Å². The van der Waals surface area contributed by atoms with Gasteiger partial charge in [-0.25, -0.2) is 14.6 Å². The smallest absolute Gasteiger partial charge is 0.224 e. The van der Waals surface area contributed by atoms with E-state index in [1.807, 2.05) is 11.8 Å². The van der Waals surface area contributed by atoms with Crippen LogP contribution in [0.4, 0.5) is 0 Å². The Balaban J connectivity index is 1.40. The lowest BCUT2D eigenvalue weighted by Crippen LogP contribution is -2.38. The minimum absolute atomic E-state index is 0.0345. The van der Waals surface area contributed by atoms with Crippen LogP contribution >= 0.6 is 11.3 Å². The summed E-state index contributed by atoms with van der Waals surface area (Å²) in [5, 5.41) is 6.32. The Hall–Kier alpha value is -2.22. The summed E-state index contributed by atoms with van der Waals surface area (Å²) >= 11 is 1.77. The number of nitrogens with zero attached hydrogens (tertiary/aromatic N) is 6. The third-order valence-corrected chi connectivity index (χ3v) is 6.39. The van der Waals surface area contributed by atoms with E-state index in [1.165, 1.54) is 22.5 Å². The molecule has 1 fully saturated rings. The van der Waals surface area contributed by atoms with Gasteiger partial charge in [-0.15, -0.1) is 11.3 Å². The molecule has 0 radical (unpaired) electrons. The van der Waals surface area contributed by atoms with E-state index in [-0.39, 0.29) is 11.9 Å². The third kappa shape index (κ3) is 3.02. The fraction of sp³-hybridized carbons (Fsp3) is 0.556. The minimum Gasteiger partial charge on any atom is -0.343 e. The maximum absolute atomic E-state index is 12.6. The molecule has 0 spiro atoms. The lowest BCUT2D eigenvalue weighted by atomic mass is 9.93. The number of carbonyl (C=O) groups is 1. The summed E-state index contributed by atoms with van der Waals surface area (Å²) in [6.45, 7) is 7.80. The van der Waals surface area contributed by atoms with Crippen molar-refractivity contribution >= 4 is 22.1 Å². The van der Waals surface area contributed by atoms with Crippen LogP contribution < -0.4 is 0 Å². The topological polar surface area (TPSA) is 68.3 Å². The lowest BCUT2D eigenvalue weighted by Gasteiger charge is -2.32. The number of imidazole rings is 1. The Kier molecular flexibility index (Phi) is 4.52. The first kappa shape index (κ1) is 17.2. The Labute approximate surface area is 156 Å².